The highest BCUT2D eigenvalue weighted by atomic mass is 35.5. The molecule has 22 heavy (non-hydrogen) atoms. The summed E-state index contributed by atoms with van der Waals surface area (Å²) in [7, 11) is 1.60. The van der Waals surface area contributed by atoms with E-state index in [1.165, 1.54) is 18.2 Å². The molecule has 0 spiro atoms. The molecule has 0 aromatic heterocycles. The predicted molar refractivity (Wildman–Crippen MR) is 85.3 cm³/mol. The zero-order chi connectivity index (χ0) is 15.9. The fourth-order valence-corrected chi connectivity index (χ4v) is 1.97. The second-order valence-electron chi connectivity index (χ2n) is 4.57. The van der Waals surface area contributed by atoms with Gasteiger partial charge in [0.25, 0.3) is 0 Å². The van der Waals surface area contributed by atoms with Crippen LogP contribution in [0, 0.1) is 5.82 Å². The van der Waals surface area contributed by atoms with Crippen LogP contribution in [0.15, 0.2) is 48.5 Å². The Morgan fingerprint density at radius 2 is 2.00 bits per heavy atom. The number of benzene rings is 2. The molecule has 2 aromatic rings. The third-order valence-electron chi connectivity index (χ3n) is 3.00. The first-order valence-electron chi connectivity index (χ1n) is 6.62. The molecule has 0 atom stereocenters. The Bertz CT molecular complexity index is 684. The van der Waals surface area contributed by atoms with Crippen molar-refractivity contribution in [2.24, 2.45) is 0 Å². The molecule has 5 heteroatoms. The van der Waals surface area contributed by atoms with Gasteiger partial charge in [0.2, 0.25) is 5.91 Å². The average Bonchev–Trinajstić information content (AvgIpc) is 2.54. The van der Waals surface area contributed by atoms with Crippen LogP contribution in [0.25, 0.3) is 6.08 Å². The summed E-state index contributed by atoms with van der Waals surface area (Å²) in [4.78, 5) is 11.7. The number of amides is 1. The number of carbonyl (C=O) groups excluding carboxylic acids is 1. The van der Waals surface area contributed by atoms with Gasteiger partial charge < -0.3 is 10.1 Å². The molecule has 0 aliphatic carbocycles. The second kappa shape index (κ2) is 7.61. The number of carbonyl (C=O) groups is 1. The van der Waals surface area contributed by atoms with Crippen LogP contribution in [-0.2, 0) is 11.3 Å². The third kappa shape index (κ3) is 4.60. The monoisotopic (exact) mass is 319 g/mol. The van der Waals surface area contributed by atoms with Crippen LogP contribution in [0.2, 0.25) is 5.02 Å². The lowest BCUT2D eigenvalue weighted by molar-refractivity contribution is -0.116. The highest BCUT2D eigenvalue weighted by Gasteiger charge is 2.00. The molecule has 1 amide bonds. The number of halogens is 2. The number of hydrogen-bond donors (Lipinski definition) is 1. The van der Waals surface area contributed by atoms with E-state index in [0.717, 1.165) is 11.3 Å². The molecule has 1 N–H and O–H groups in total. The molecule has 0 radical (unpaired) electrons. The maximum atomic E-state index is 13.0. The lowest BCUT2D eigenvalue weighted by Crippen LogP contribution is -2.20. The normalized spacial score (nSPS) is 10.7. The Balaban J connectivity index is 1.89. The predicted octanol–water partition coefficient (Wildman–Crippen LogP) is 3.82. The van der Waals surface area contributed by atoms with Crippen LogP contribution in [0.3, 0.4) is 0 Å². The van der Waals surface area contributed by atoms with E-state index in [1.807, 2.05) is 24.3 Å². The topological polar surface area (TPSA) is 38.3 Å². The van der Waals surface area contributed by atoms with Crippen molar-refractivity contribution in [2.45, 2.75) is 6.54 Å². The molecule has 114 valence electrons. The third-order valence-corrected chi connectivity index (χ3v) is 3.29. The zero-order valence-corrected chi connectivity index (χ0v) is 12.7. The van der Waals surface area contributed by atoms with Gasteiger partial charge in [0.15, 0.2) is 0 Å². The van der Waals surface area contributed by atoms with Crippen molar-refractivity contribution in [3.8, 4) is 5.75 Å². The number of ether oxygens (including phenoxy) is 1. The van der Waals surface area contributed by atoms with E-state index in [2.05, 4.69) is 5.32 Å². The van der Waals surface area contributed by atoms with E-state index < -0.39 is 5.82 Å². The summed E-state index contributed by atoms with van der Waals surface area (Å²) in [6.07, 6.45) is 2.96. The van der Waals surface area contributed by atoms with Crippen molar-refractivity contribution in [2.75, 3.05) is 7.11 Å². The van der Waals surface area contributed by atoms with Crippen LogP contribution < -0.4 is 10.1 Å². The van der Waals surface area contributed by atoms with Gasteiger partial charge in [-0.15, -0.1) is 0 Å². The largest absolute Gasteiger partial charge is 0.497 e. The van der Waals surface area contributed by atoms with Gasteiger partial charge in [-0.1, -0.05) is 29.8 Å². The van der Waals surface area contributed by atoms with Crippen LogP contribution in [0.5, 0.6) is 5.75 Å². The van der Waals surface area contributed by atoms with Crippen molar-refractivity contribution in [3.63, 3.8) is 0 Å². The molecule has 2 aromatic carbocycles. The summed E-state index contributed by atoms with van der Waals surface area (Å²) in [5, 5.41) is 2.79. The minimum atomic E-state index is -0.484. The van der Waals surface area contributed by atoms with Gasteiger partial charge >= 0.3 is 0 Å². The summed E-state index contributed by atoms with van der Waals surface area (Å²) < 4.78 is 18.1. The van der Waals surface area contributed by atoms with E-state index in [-0.39, 0.29) is 10.9 Å². The Labute approximate surface area is 133 Å². The van der Waals surface area contributed by atoms with Crippen molar-refractivity contribution < 1.29 is 13.9 Å². The maximum absolute atomic E-state index is 13.0. The Morgan fingerprint density at radius 1 is 1.27 bits per heavy atom. The molecule has 0 bridgehead atoms. The minimum Gasteiger partial charge on any atom is -0.497 e. The van der Waals surface area contributed by atoms with Crippen molar-refractivity contribution in [3.05, 3.63) is 70.5 Å². The van der Waals surface area contributed by atoms with Gasteiger partial charge in [0, 0.05) is 12.6 Å². The van der Waals surface area contributed by atoms with E-state index >= 15 is 0 Å². The SMILES string of the molecule is COc1ccc(CNC(=O)/C=C/c2ccc(F)c(Cl)c2)cc1. The lowest BCUT2D eigenvalue weighted by atomic mass is 10.2. The van der Waals surface area contributed by atoms with Gasteiger partial charge in [0.05, 0.1) is 12.1 Å². The van der Waals surface area contributed by atoms with E-state index in [0.29, 0.717) is 12.1 Å². The fraction of sp³-hybridized carbons (Fsp3) is 0.118. The number of rotatable bonds is 5. The molecule has 0 fully saturated rings. The Hall–Kier alpha value is -2.33. The van der Waals surface area contributed by atoms with Crippen LogP contribution in [0.1, 0.15) is 11.1 Å². The van der Waals surface area contributed by atoms with Crippen LogP contribution in [0.4, 0.5) is 4.39 Å². The Kier molecular flexibility index (Phi) is 5.55. The molecule has 0 aliphatic heterocycles. The minimum absolute atomic E-state index is 0.0285. The molecule has 3 nitrogen and oxygen atoms in total. The fourth-order valence-electron chi connectivity index (χ4n) is 1.78. The Morgan fingerprint density at radius 3 is 2.64 bits per heavy atom. The molecule has 0 aliphatic rings. The molecule has 2 rings (SSSR count). The molecule has 0 saturated heterocycles. The summed E-state index contributed by atoms with van der Waals surface area (Å²) in [5.74, 6) is 0.0437. The first kappa shape index (κ1) is 16.0. The van der Waals surface area contributed by atoms with Gasteiger partial charge in [-0.2, -0.15) is 0 Å². The highest BCUT2D eigenvalue weighted by molar-refractivity contribution is 6.30. The quantitative estimate of drug-likeness (QED) is 0.851. The average molecular weight is 320 g/mol. The molecular weight excluding hydrogens is 305 g/mol. The first-order chi connectivity index (χ1) is 10.6. The lowest BCUT2D eigenvalue weighted by Gasteiger charge is -2.04. The van der Waals surface area contributed by atoms with Crippen LogP contribution in [-0.4, -0.2) is 13.0 Å². The number of hydrogen-bond acceptors (Lipinski definition) is 2. The van der Waals surface area contributed by atoms with Gasteiger partial charge in [-0.3, -0.25) is 4.79 Å². The molecule has 0 saturated carbocycles. The summed E-state index contributed by atoms with van der Waals surface area (Å²) in [5.41, 5.74) is 1.62. The van der Waals surface area contributed by atoms with Crippen molar-refractivity contribution >= 4 is 23.6 Å². The molecule has 0 heterocycles. The van der Waals surface area contributed by atoms with Gasteiger partial charge in [-0.05, 0) is 41.5 Å². The summed E-state index contributed by atoms with van der Waals surface area (Å²) in [6.45, 7) is 0.414. The smallest absolute Gasteiger partial charge is 0.244 e. The van der Waals surface area contributed by atoms with E-state index in [4.69, 9.17) is 16.3 Å². The second-order valence-corrected chi connectivity index (χ2v) is 4.98. The zero-order valence-electron chi connectivity index (χ0n) is 12.0. The van der Waals surface area contributed by atoms with E-state index in [1.54, 1.807) is 19.3 Å². The van der Waals surface area contributed by atoms with Gasteiger partial charge in [-0.25, -0.2) is 4.39 Å². The summed E-state index contributed by atoms with van der Waals surface area (Å²) >= 11 is 5.68. The number of nitrogens with one attached hydrogen (secondary N) is 1. The first-order valence-corrected chi connectivity index (χ1v) is 7.00. The van der Waals surface area contributed by atoms with Crippen molar-refractivity contribution in [1.29, 1.82) is 0 Å². The molecular formula is C17H15ClFNO2. The number of methoxy groups -OCH3 is 1. The van der Waals surface area contributed by atoms with Crippen molar-refractivity contribution in [1.82, 2.24) is 5.32 Å². The summed E-state index contributed by atoms with van der Waals surface area (Å²) in [6, 6.07) is 11.7. The maximum Gasteiger partial charge on any atom is 0.244 e. The van der Waals surface area contributed by atoms with Crippen LogP contribution >= 0.6 is 11.6 Å². The van der Waals surface area contributed by atoms with Gasteiger partial charge in [0.1, 0.15) is 11.6 Å². The molecule has 0 unspecified atom stereocenters. The van der Waals surface area contributed by atoms with E-state index in [9.17, 15) is 9.18 Å². The standard InChI is InChI=1S/C17H15ClFNO2/c1-22-14-6-2-13(3-7-14)11-20-17(21)9-5-12-4-8-16(19)15(18)10-12/h2-10H,11H2,1H3,(H,20,21)/b9-5+. The highest BCUT2D eigenvalue weighted by Crippen LogP contribution is 2.16.